The van der Waals surface area contributed by atoms with Gasteiger partial charge in [-0.2, -0.15) is 13.2 Å². The lowest BCUT2D eigenvalue weighted by atomic mass is 10.2. The van der Waals surface area contributed by atoms with Gasteiger partial charge in [-0.3, -0.25) is 0 Å². The summed E-state index contributed by atoms with van der Waals surface area (Å²) < 4.78 is 42.5. The first kappa shape index (κ1) is 12.4. The third-order valence-electron chi connectivity index (χ3n) is 2.42. The van der Waals surface area contributed by atoms with E-state index in [0.29, 0.717) is 5.39 Å². The lowest BCUT2D eigenvalue weighted by Gasteiger charge is -2.08. The fourth-order valence-electron chi connectivity index (χ4n) is 1.70. The Bertz CT molecular complexity index is 589. The van der Waals surface area contributed by atoms with Gasteiger partial charge in [-0.15, -0.1) is 0 Å². The summed E-state index contributed by atoms with van der Waals surface area (Å²) in [6.45, 7) is -1.14. The maximum absolute atomic E-state index is 12.3. The quantitative estimate of drug-likeness (QED) is 0.777. The molecule has 2 heterocycles. The number of hydrogen-bond donors (Lipinski definition) is 0. The number of carbonyl (C=O) groups is 1. The summed E-state index contributed by atoms with van der Waals surface area (Å²) in [6, 6.07) is 2.83. The second-order valence-electron chi connectivity index (χ2n) is 3.65. The maximum Gasteiger partial charge on any atom is 0.406 e. The fraction of sp³-hybridized carbons (Fsp3) is 0.273. The average molecular weight is 258 g/mol. The van der Waals surface area contributed by atoms with Gasteiger partial charge in [0.05, 0.1) is 12.7 Å². The number of ether oxygens (including phenoxy) is 1. The first-order valence-corrected chi connectivity index (χ1v) is 5.01. The summed E-state index contributed by atoms with van der Waals surface area (Å²) in [4.78, 5) is 15.3. The Hall–Kier alpha value is -2.05. The summed E-state index contributed by atoms with van der Waals surface area (Å²) in [7, 11) is 1.21. The van der Waals surface area contributed by atoms with E-state index in [0.717, 1.165) is 4.57 Å². The van der Waals surface area contributed by atoms with E-state index < -0.39 is 18.7 Å². The van der Waals surface area contributed by atoms with Gasteiger partial charge >= 0.3 is 12.1 Å². The molecular weight excluding hydrogens is 249 g/mol. The van der Waals surface area contributed by atoms with E-state index in [1.165, 1.54) is 31.6 Å². The van der Waals surface area contributed by atoms with Crippen molar-refractivity contribution in [1.29, 1.82) is 0 Å². The molecule has 2 aromatic heterocycles. The average Bonchev–Trinajstić information content (AvgIpc) is 2.69. The predicted molar refractivity (Wildman–Crippen MR) is 57.1 cm³/mol. The molecule has 0 aliphatic heterocycles. The highest BCUT2D eigenvalue weighted by atomic mass is 19.4. The van der Waals surface area contributed by atoms with E-state index >= 15 is 0 Å². The first-order valence-electron chi connectivity index (χ1n) is 5.01. The molecule has 0 aliphatic rings. The number of esters is 1. The lowest BCUT2D eigenvalue weighted by Crippen LogP contribution is -2.17. The van der Waals surface area contributed by atoms with E-state index in [-0.39, 0.29) is 11.2 Å². The number of rotatable bonds is 2. The molecule has 0 atom stereocenters. The molecule has 0 aromatic carbocycles. The standard InChI is InChI=1S/C11H9F3N2O2/c1-18-10(17)8-2-4-15-9-7(8)3-5-16(9)6-11(12,13)14/h2-5H,6H2,1H3. The Labute approximate surface area is 100.0 Å². The molecule has 0 N–H and O–H groups in total. The van der Waals surface area contributed by atoms with Crippen LogP contribution in [0.1, 0.15) is 10.4 Å². The minimum atomic E-state index is -4.34. The second-order valence-corrected chi connectivity index (χ2v) is 3.65. The van der Waals surface area contributed by atoms with Crippen LogP contribution in [0.4, 0.5) is 13.2 Å². The number of alkyl halides is 3. The normalized spacial score (nSPS) is 11.8. The number of nitrogens with zero attached hydrogens (tertiary/aromatic N) is 2. The van der Waals surface area contributed by atoms with Gasteiger partial charge < -0.3 is 9.30 Å². The van der Waals surface area contributed by atoms with Crippen molar-refractivity contribution < 1.29 is 22.7 Å². The summed E-state index contributed by atoms with van der Waals surface area (Å²) in [6.07, 6.45) is -1.81. The smallest absolute Gasteiger partial charge is 0.406 e. The van der Waals surface area contributed by atoms with Crippen molar-refractivity contribution in [3.05, 3.63) is 30.1 Å². The van der Waals surface area contributed by atoms with E-state index in [1.54, 1.807) is 0 Å². The Kier molecular flexibility index (Phi) is 2.98. The summed E-state index contributed by atoms with van der Waals surface area (Å²) in [5, 5.41) is 0.341. The molecule has 0 saturated heterocycles. The molecule has 0 fully saturated rings. The minimum absolute atomic E-state index is 0.107. The van der Waals surface area contributed by atoms with Crippen LogP contribution in [0.5, 0.6) is 0 Å². The van der Waals surface area contributed by atoms with Crippen LogP contribution in [0.15, 0.2) is 24.5 Å². The largest absolute Gasteiger partial charge is 0.465 e. The zero-order valence-corrected chi connectivity index (χ0v) is 9.36. The monoisotopic (exact) mass is 258 g/mol. The molecule has 18 heavy (non-hydrogen) atoms. The molecule has 4 nitrogen and oxygen atoms in total. The number of carbonyl (C=O) groups excluding carboxylic acids is 1. The molecule has 2 rings (SSSR count). The van der Waals surface area contributed by atoms with E-state index in [4.69, 9.17) is 0 Å². The minimum Gasteiger partial charge on any atom is -0.465 e. The number of methoxy groups -OCH3 is 1. The number of fused-ring (bicyclic) bond motifs is 1. The Morgan fingerprint density at radius 1 is 1.44 bits per heavy atom. The van der Waals surface area contributed by atoms with Crippen molar-refractivity contribution >= 4 is 17.0 Å². The highest BCUT2D eigenvalue weighted by Crippen LogP contribution is 2.23. The molecule has 2 aromatic rings. The van der Waals surface area contributed by atoms with Crippen molar-refractivity contribution in [2.75, 3.05) is 7.11 Å². The van der Waals surface area contributed by atoms with Crippen LogP contribution in [-0.2, 0) is 11.3 Å². The van der Waals surface area contributed by atoms with Crippen molar-refractivity contribution in [1.82, 2.24) is 9.55 Å². The molecule has 96 valence electrons. The summed E-state index contributed by atoms with van der Waals surface area (Å²) in [5.74, 6) is -0.604. The van der Waals surface area contributed by atoms with Crippen LogP contribution >= 0.6 is 0 Å². The van der Waals surface area contributed by atoms with Crippen LogP contribution in [-0.4, -0.2) is 28.8 Å². The van der Waals surface area contributed by atoms with Gasteiger partial charge in [-0.1, -0.05) is 0 Å². The Morgan fingerprint density at radius 3 is 2.78 bits per heavy atom. The number of hydrogen-bond acceptors (Lipinski definition) is 3. The molecule has 0 saturated carbocycles. The Balaban J connectivity index is 2.52. The summed E-state index contributed by atoms with van der Waals surface area (Å²) >= 11 is 0. The van der Waals surface area contributed by atoms with Crippen LogP contribution in [0.25, 0.3) is 11.0 Å². The maximum atomic E-state index is 12.3. The molecule has 0 aliphatic carbocycles. The lowest BCUT2D eigenvalue weighted by molar-refractivity contribution is -0.139. The van der Waals surface area contributed by atoms with Crippen LogP contribution in [0.3, 0.4) is 0 Å². The Morgan fingerprint density at radius 2 is 2.17 bits per heavy atom. The molecule has 0 amide bonds. The van der Waals surface area contributed by atoms with Crippen LogP contribution in [0, 0.1) is 0 Å². The summed E-state index contributed by atoms with van der Waals surface area (Å²) in [5.41, 5.74) is 0.304. The van der Waals surface area contributed by atoms with Crippen molar-refractivity contribution in [2.45, 2.75) is 12.7 Å². The third kappa shape index (κ3) is 2.29. The van der Waals surface area contributed by atoms with Gasteiger partial charge in [-0.05, 0) is 12.1 Å². The van der Waals surface area contributed by atoms with E-state index in [1.807, 2.05) is 0 Å². The fourth-order valence-corrected chi connectivity index (χ4v) is 1.70. The zero-order valence-electron chi connectivity index (χ0n) is 9.36. The van der Waals surface area contributed by atoms with Crippen molar-refractivity contribution in [3.63, 3.8) is 0 Å². The highest BCUT2D eigenvalue weighted by Gasteiger charge is 2.29. The van der Waals surface area contributed by atoms with Crippen LogP contribution in [0.2, 0.25) is 0 Å². The number of pyridine rings is 1. The predicted octanol–water partition coefficient (Wildman–Crippen LogP) is 2.39. The SMILES string of the molecule is COC(=O)c1ccnc2c1ccn2CC(F)(F)F. The van der Waals surface area contributed by atoms with Gasteiger partial charge in [0.1, 0.15) is 12.2 Å². The first-order chi connectivity index (χ1) is 8.42. The molecular formula is C11H9F3N2O2. The second kappa shape index (κ2) is 4.32. The highest BCUT2D eigenvalue weighted by molar-refractivity contribution is 6.02. The molecule has 0 bridgehead atoms. The molecule has 0 unspecified atom stereocenters. The number of halogens is 3. The van der Waals surface area contributed by atoms with Gasteiger partial charge in [0.25, 0.3) is 0 Å². The van der Waals surface area contributed by atoms with E-state index in [9.17, 15) is 18.0 Å². The van der Waals surface area contributed by atoms with Gasteiger partial charge in [-0.25, -0.2) is 9.78 Å². The van der Waals surface area contributed by atoms with Crippen LogP contribution < -0.4 is 0 Å². The zero-order chi connectivity index (χ0) is 13.3. The van der Waals surface area contributed by atoms with Gasteiger partial charge in [0.2, 0.25) is 0 Å². The molecule has 7 heteroatoms. The topological polar surface area (TPSA) is 44.1 Å². The third-order valence-corrected chi connectivity index (χ3v) is 2.42. The van der Waals surface area contributed by atoms with Crippen molar-refractivity contribution in [2.24, 2.45) is 0 Å². The van der Waals surface area contributed by atoms with Gasteiger partial charge in [0, 0.05) is 17.8 Å². The molecule has 0 spiro atoms. The molecule has 0 radical (unpaired) electrons. The van der Waals surface area contributed by atoms with E-state index in [2.05, 4.69) is 9.72 Å². The van der Waals surface area contributed by atoms with Crippen molar-refractivity contribution in [3.8, 4) is 0 Å². The number of aromatic nitrogens is 2. The van der Waals surface area contributed by atoms with Gasteiger partial charge in [0.15, 0.2) is 0 Å².